The van der Waals surface area contributed by atoms with Crippen molar-refractivity contribution in [2.75, 3.05) is 5.32 Å². The standard InChI is InChI=1S/C9H9F2NOS/c1-6(14)12-7-4-2-3-5-8(7)13-9(10)11/h2-5,9H,1H3,(H,12,14). The van der Waals surface area contributed by atoms with E-state index in [-0.39, 0.29) is 5.75 Å². The van der Waals surface area contributed by atoms with Crippen LogP contribution in [0, 0.1) is 0 Å². The predicted octanol–water partition coefficient (Wildman–Crippen LogP) is 3.05. The van der Waals surface area contributed by atoms with E-state index in [2.05, 4.69) is 10.1 Å². The maximum atomic E-state index is 12.0. The van der Waals surface area contributed by atoms with Gasteiger partial charge in [0.1, 0.15) is 5.75 Å². The first-order valence-corrected chi connectivity index (χ1v) is 4.32. The van der Waals surface area contributed by atoms with Crippen molar-refractivity contribution in [3.63, 3.8) is 0 Å². The highest BCUT2D eigenvalue weighted by Gasteiger charge is 2.08. The van der Waals surface area contributed by atoms with Crippen LogP contribution in [0.3, 0.4) is 0 Å². The summed E-state index contributed by atoms with van der Waals surface area (Å²) in [7, 11) is 0. The van der Waals surface area contributed by atoms with Crippen molar-refractivity contribution in [3.8, 4) is 5.75 Å². The number of rotatable bonds is 3. The molecule has 1 aromatic rings. The van der Waals surface area contributed by atoms with Gasteiger partial charge in [0.25, 0.3) is 0 Å². The quantitative estimate of drug-likeness (QED) is 0.786. The van der Waals surface area contributed by atoms with E-state index in [9.17, 15) is 8.78 Å². The van der Waals surface area contributed by atoms with Crippen LogP contribution in [0.15, 0.2) is 24.3 Å². The molecule has 1 N–H and O–H groups in total. The van der Waals surface area contributed by atoms with E-state index in [0.717, 1.165) is 0 Å². The molecule has 0 heterocycles. The first-order chi connectivity index (χ1) is 6.59. The third-order valence-corrected chi connectivity index (χ3v) is 1.52. The normalized spacial score (nSPS) is 10.0. The summed E-state index contributed by atoms with van der Waals surface area (Å²) >= 11 is 4.80. The Hall–Kier alpha value is -1.23. The molecular formula is C9H9F2NOS. The van der Waals surface area contributed by atoms with E-state index in [1.165, 1.54) is 6.07 Å². The lowest BCUT2D eigenvalue weighted by Gasteiger charge is -2.10. The molecule has 0 spiro atoms. The highest BCUT2D eigenvalue weighted by Crippen LogP contribution is 2.25. The first-order valence-electron chi connectivity index (χ1n) is 3.91. The Balaban J connectivity index is 2.85. The van der Waals surface area contributed by atoms with Gasteiger partial charge in [0.2, 0.25) is 0 Å². The molecule has 5 heteroatoms. The number of para-hydroxylation sites is 2. The van der Waals surface area contributed by atoms with Crippen molar-refractivity contribution < 1.29 is 13.5 Å². The number of hydrogen-bond acceptors (Lipinski definition) is 2. The SMILES string of the molecule is CC(=S)Nc1ccccc1OC(F)F. The zero-order valence-corrected chi connectivity index (χ0v) is 8.28. The van der Waals surface area contributed by atoms with Crippen LogP contribution in [0.2, 0.25) is 0 Å². The van der Waals surface area contributed by atoms with Gasteiger partial charge in [0, 0.05) is 0 Å². The Bertz CT molecular complexity index is 330. The van der Waals surface area contributed by atoms with Crippen molar-refractivity contribution in [3.05, 3.63) is 24.3 Å². The molecule has 0 aliphatic carbocycles. The van der Waals surface area contributed by atoms with Crippen LogP contribution in [0.5, 0.6) is 5.75 Å². The molecule has 0 radical (unpaired) electrons. The molecule has 0 amide bonds. The summed E-state index contributed by atoms with van der Waals surface area (Å²) in [6.07, 6.45) is 0. The predicted molar refractivity (Wildman–Crippen MR) is 55.0 cm³/mol. The van der Waals surface area contributed by atoms with Gasteiger partial charge in [-0.1, -0.05) is 24.4 Å². The van der Waals surface area contributed by atoms with Gasteiger partial charge in [-0.25, -0.2) is 0 Å². The Kier molecular flexibility index (Phi) is 3.76. The van der Waals surface area contributed by atoms with Crippen LogP contribution in [0.25, 0.3) is 0 Å². The average molecular weight is 217 g/mol. The zero-order chi connectivity index (χ0) is 10.6. The maximum Gasteiger partial charge on any atom is 0.387 e. The van der Waals surface area contributed by atoms with Crippen molar-refractivity contribution in [2.24, 2.45) is 0 Å². The van der Waals surface area contributed by atoms with Crippen molar-refractivity contribution in [1.82, 2.24) is 0 Å². The lowest BCUT2D eigenvalue weighted by atomic mass is 10.3. The summed E-state index contributed by atoms with van der Waals surface area (Å²) in [5, 5.41) is 2.75. The molecule has 0 atom stereocenters. The van der Waals surface area contributed by atoms with Crippen LogP contribution >= 0.6 is 12.2 Å². The van der Waals surface area contributed by atoms with Crippen molar-refractivity contribution >= 4 is 22.9 Å². The fraction of sp³-hybridized carbons (Fsp3) is 0.222. The fourth-order valence-corrected chi connectivity index (χ4v) is 1.07. The molecule has 0 fully saturated rings. The van der Waals surface area contributed by atoms with Gasteiger partial charge in [0.15, 0.2) is 0 Å². The summed E-state index contributed by atoms with van der Waals surface area (Å²) in [5.41, 5.74) is 0.445. The highest BCUT2D eigenvalue weighted by molar-refractivity contribution is 7.80. The average Bonchev–Trinajstić information content (AvgIpc) is 2.06. The summed E-state index contributed by atoms with van der Waals surface area (Å²) in [6.45, 7) is -1.17. The van der Waals surface area contributed by atoms with E-state index in [1.54, 1.807) is 25.1 Å². The van der Waals surface area contributed by atoms with Crippen LogP contribution < -0.4 is 10.1 Å². The Morgan fingerprint density at radius 3 is 2.64 bits per heavy atom. The summed E-state index contributed by atoms with van der Waals surface area (Å²) < 4.78 is 28.2. The minimum Gasteiger partial charge on any atom is -0.433 e. The van der Waals surface area contributed by atoms with E-state index < -0.39 is 6.61 Å². The van der Waals surface area contributed by atoms with Gasteiger partial charge in [-0.3, -0.25) is 0 Å². The minimum atomic E-state index is -2.83. The Morgan fingerprint density at radius 1 is 1.43 bits per heavy atom. The van der Waals surface area contributed by atoms with Crippen LogP contribution in [0.4, 0.5) is 14.5 Å². The lowest BCUT2D eigenvalue weighted by molar-refractivity contribution is -0.0493. The van der Waals surface area contributed by atoms with Crippen molar-refractivity contribution in [2.45, 2.75) is 13.5 Å². The summed E-state index contributed by atoms with van der Waals surface area (Å²) in [6, 6.07) is 6.39. The third kappa shape index (κ3) is 3.26. The van der Waals surface area contributed by atoms with Crippen LogP contribution in [-0.2, 0) is 0 Å². The molecular weight excluding hydrogens is 208 g/mol. The summed E-state index contributed by atoms with van der Waals surface area (Å²) in [5.74, 6) is 0.0895. The molecule has 1 aromatic carbocycles. The Morgan fingerprint density at radius 2 is 2.07 bits per heavy atom. The monoisotopic (exact) mass is 217 g/mol. The second-order valence-corrected chi connectivity index (χ2v) is 3.17. The molecule has 0 saturated carbocycles. The van der Waals surface area contributed by atoms with Gasteiger partial charge in [0.05, 0.1) is 10.7 Å². The van der Waals surface area contributed by atoms with E-state index in [0.29, 0.717) is 10.7 Å². The smallest absolute Gasteiger partial charge is 0.387 e. The summed E-state index contributed by atoms with van der Waals surface area (Å²) in [4.78, 5) is 0.496. The molecule has 0 aliphatic heterocycles. The maximum absolute atomic E-state index is 12.0. The number of anilines is 1. The molecule has 0 unspecified atom stereocenters. The van der Waals surface area contributed by atoms with E-state index >= 15 is 0 Å². The highest BCUT2D eigenvalue weighted by atomic mass is 32.1. The van der Waals surface area contributed by atoms with E-state index in [1.807, 2.05) is 0 Å². The Labute approximate surface area is 85.9 Å². The lowest BCUT2D eigenvalue weighted by Crippen LogP contribution is -2.08. The number of halogens is 2. The molecule has 0 aromatic heterocycles. The van der Waals surface area contributed by atoms with Gasteiger partial charge in [-0.2, -0.15) is 8.78 Å². The molecule has 14 heavy (non-hydrogen) atoms. The van der Waals surface area contributed by atoms with Gasteiger partial charge in [-0.15, -0.1) is 0 Å². The van der Waals surface area contributed by atoms with Crippen LogP contribution in [-0.4, -0.2) is 11.6 Å². The number of thiocarbonyl (C=S) groups is 1. The van der Waals surface area contributed by atoms with Crippen LogP contribution in [0.1, 0.15) is 6.92 Å². The number of alkyl halides is 2. The molecule has 0 aliphatic rings. The second kappa shape index (κ2) is 4.85. The number of ether oxygens (including phenoxy) is 1. The third-order valence-electron chi connectivity index (χ3n) is 1.41. The van der Waals surface area contributed by atoms with Gasteiger partial charge in [-0.05, 0) is 19.1 Å². The fourth-order valence-electron chi connectivity index (χ4n) is 0.958. The topological polar surface area (TPSA) is 21.3 Å². The first kappa shape index (κ1) is 10.8. The van der Waals surface area contributed by atoms with Gasteiger partial charge >= 0.3 is 6.61 Å². The largest absolute Gasteiger partial charge is 0.433 e. The van der Waals surface area contributed by atoms with Gasteiger partial charge < -0.3 is 10.1 Å². The molecule has 76 valence electrons. The zero-order valence-electron chi connectivity index (χ0n) is 7.46. The molecule has 1 rings (SSSR count). The number of benzene rings is 1. The second-order valence-electron chi connectivity index (χ2n) is 2.56. The molecule has 2 nitrogen and oxygen atoms in total. The molecule has 0 saturated heterocycles. The van der Waals surface area contributed by atoms with Crippen molar-refractivity contribution in [1.29, 1.82) is 0 Å². The number of hydrogen-bond donors (Lipinski definition) is 1. The van der Waals surface area contributed by atoms with E-state index in [4.69, 9.17) is 12.2 Å². The molecule has 0 bridgehead atoms. The minimum absolute atomic E-state index is 0.0895. The number of nitrogens with one attached hydrogen (secondary N) is 1.